The number of hydrogen-bond donors (Lipinski definition) is 3. The van der Waals surface area contributed by atoms with E-state index in [1.54, 1.807) is 51.4 Å². The van der Waals surface area contributed by atoms with Gasteiger partial charge in [0.05, 0.1) is 42.8 Å². The van der Waals surface area contributed by atoms with Gasteiger partial charge in [0, 0.05) is 63.6 Å². The van der Waals surface area contributed by atoms with Crippen LogP contribution >= 0.6 is 0 Å². The topological polar surface area (TPSA) is 133 Å². The van der Waals surface area contributed by atoms with E-state index in [1.165, 1.54) is 12.2 Å². The van der Waals surface area contributed by atoms with Crippen molar-refractivity contribution in [3.63, 3.8) is 0 Å². The number of hydrogen-bond acceptors (Lipinski definition) is 9. The Bertz CT molecular complexity index is 1670. The maximum Gasteiger partial charge on any atom is 0.338 e. The van der Waals surface area contributed by atoms with Gasteiger partial charge in [-0.05, 0) is 54.4 Å². The summed E-state index contributed by atoms with van der Waals surface area (Å²) < 4.78 is 4.90. The molecule has 0 spiro atoms. The molecular weight excluding hydrogens is 600 g/mol. The maximum absolute atomic E-state index is 13.4. The van der Waals surface area contributed by atoms with E-state index in [0.717, 1.165) is 31.7 Å². The Balaban J connectivity index is 1.25. The fourth-order valence-corrected chi connectivity index (χ4v) is 5.63. The molecule has 0 aromatic heterocycles. The predicted molar refractivity (Wildman–Crippen MR) is 179 cm³/mol. The van der Waals surface area contributed by atoms with Crippen LogP contribution in [0.25, 0.3) is 11.3 Å². The molecule has 1 saturated heterocycles. The van der Waals surface area contributed by atoms with Gasteiger partial charge in [0.25, 0.3) is 11.8 Å². The Labute approximate surface area is 274 Å². The third kappa shape index (κ3) is 7.86. The fourth-order valence-electron chi connectivity index (χ4n) is 5.63. The van der Waals surface area contributed by atoms with Crippen LogP contribution in [0.3, 0.4) is 0 Å². The van der Waals surface area contributed by atoms with E-state index in [4.69, 9.17) is 9.57 Å². The first-order valence-electron chi connectivity index (χ1n) is 15.5. The number of rotatable bonds is 11. The Hall–Kier alpha value is -5.04. The zero-order chi connectivity index (χ0) is 33.5. The largest absolute Gasteiger partial charge is 0.465 e. The number of hydroxylamine groups is 2. The van der Waals surface area contributed by atoms with Crippen molar-refractivity contribution in [3.8, 4) is 0 Å². The van der Waals surface area contributed by atoms with E-state index >= 15 is 0 Å². The highest BCUT2D eigenvalue weighted by atomic mass is 16.7. The standard InChI is InChI=1S/C35H40N6O6/c1-23-20-28-29(21-27(23)35(45)46-4)38-33(43)31(28)32(24-8-6-5-7-9-24)37-26-12-10-25(11-13-26)34(44)39(3)47-19-18-40-14-16-41(17-15-40)22-30(42)36-2/h5-13,20-21,37H,14-19,22H2,1-4H3,(H,36,42)(H,38,43)/b32-31+. The van der Waals surface area contributed by atoms with Crippen LogP contribution in [-0.4, -0.2) is 106 Å². The van der Waals surface area contributed by atoms with Crippen LogP contribution in [0, 0.1) is 6.92 Å². The lowest BCUT2D eigenvalue weighted by Gasteiger charge is -2.34. The number of carbonyl (C=O) groups excluding carboxylic acids is 4. The third-order valence-corrected chi connectivity index (χ3v) is 8.32. The van der Waals surface area contributed by atoms with Crippen molar-refractivity contribution in [3.05, 3.63) is 94.5 Å². The number of nitrogens with one attached hydrogen (secondary N) is 3. The fraction of sp³-hybridized carbons (Fsp3) is 0.314. The van der Waals surface area contributed by atoms with Crippen LogP contribution in [0.15, 0.2) is 66.7 Å². The summed E-state index contributed by atoms with van der Waals surface area (Å²) in [5.74, 6) is -1.05. The van der Waals surface area contributed by atoms with E-state index in [1.807, 2.05) is 36.4 Å². The van der Waals surface area contributed by atoms with Gasteiger partial charge in [-0.25, -0.2) is 9.86 Å². The highest BCUT2D eigenvalue weighted by molar-refractivity contribution is 6.37. The summed E-state index contributed by atoms with van der Waals surface area (Å²) in [6, 6.07) is 19.9. The second-order valence-corrected chi connectivity index (χ2v) is 11.4. The Morgan fingerprint density at radius 2 is 1.62 bits per heavy atom. The van der Waals surface area contributed by atoms with E-state index in [0.29, 0.717) is 64.6 Å². The summed E-state index contributed by atoms with van der Waals surface area (Å²) in [6.07, 6.45) is 0. The van der Waals surface area contributed by atoms with Gasteiger partial charge in [-0.3, -0.25) is 29.0 Å². The molecule has 0 bridgehead atoms. The summed E-state index contributed by atoms with van der Waals surface area (Å²) in [5.41, 5.74) is 5.21. The molecule has 0 saturated carbocycles. The molecule has 12 nitrogen and oxygen atoms in total. The molecule has 0 radical (unpaired) electrons. The normalized spacial score (nSPS) is 15.8. The van der Waals surface area contributed by atoms with Gasteiger partial charge in [0.15, 0.2) is 0 Å². The predicted octanol–water partition coefficient (Wildman–Crippen LogP) is 3.08. The number of esters is 1. The summed E-state index contributed by atoms with van der Waals surface area (Å²) >= 11 is 0. The molecule has 0 unspecified atom stereocenters. The highest BCUT2D eigenvalue weighted by Gasteiger charge is 2.30. The van der Waals surface area contributed by atoms with Crippen LogP contribution in [0.4, 0.5) is 11.4 Å². The molecule has 246 valence electrons. The number of carbonyl (C=O) groups is 4. The Morgan fingerprint density at radius 3 is 2.28 bits per heavy atom. The first-order chi connectivity index (χ1) is 22.7. The zero-order valence-corrected chi connectivity index (χ0v) is 27.1. The van der Waals surface area contributed by atoms with Crippen LogP contribution in [0.5, 0.6) is 0 Å². The van der Waals surface area contributed by atoms with Crippen molar-refractivity contribution in [1.82, 2.24) is 20.2 Å². The second-order valence-electron chi connectivity index (χ2n) is 11.4. The van der Waals surface area contributed by atoms with Gasteiger partial charge in [0.2, 0.25) is 5.91 Å². The molecule has 0 atom stereocenters. The van der Waals surface area contributed by atoms with Gasteiger partial charge < -0.3 is 20.7 Å². The first-order valence-corrected chi connectivity index (χ1v) is 15.5. The number of amides is 3. The number of piperazine rings is 1. The summed E-state index contributed by atoms with van der Waals surface area (Å²) in [7, 11) is 4.56. The number of anilines is 2. The lowest BCUT2D eigenvalue weighted by atomic mass is 9.96. The minimum Gasteiger partial charge on any atom is -0.465 e. The summed E-state index contributed by atoms with van der Waals surface area (Å²) in [6.45, 7) is 6.50. The minimum atomic E-state index is -0.474. The molecule has 3 amide bonds. The Kier molecular flexibility index (Phi) is 10.7. The average molecular weight is 641 g/mol. The number of benzene rings is 3. The van der Waals surface area contributed by atoms with Crippen LogP contribution in [-0.2, 0) is 19.2 Å². The SMILES string of the molecule is CNC(=O)CN1CCN(CCON(C)C(=O)c2ccc(N/C(=C3/C(=O)Nc4cc(C(=O)OC)c(C)cc43)c3ccccc3)cc2)CC1. The molecule has 3 aromatic rings. The van der Waals surface area contributed by atoms with E-state index in [9.17, 15) is 19.2 Å². The number of nitrogens with zero attached hydrogens (tertiary/aromatic N) is 3. The lowest BCUT2D eigenvalue weighted by molar-refractivity contribution is -0.122. The number of ether oxygens (including phenoxy) is 1. The number of methoxy groups -OCH3 is 1. The van der Waals surface area contributed by atoms with Crippen molar-refractivity contribution in [2.75, 3.05) is 77.7 Å². The molecule has 3 N–H and O–H groups in total. The summed E-state index contributed by atoms with van der Waals surface area (Å²) in [5, 5.41) is 10.2. The van der Waals surface area contributed by atoms with E-state index in [2.05, 4.69) is 25.8 Å². The molecular formula is C35H40N6O6. The molecule has 0 aliphatic carbocycles. The van der Waals surface area contributed by atoms with E-state index < -0.39 is 5.97 Å². The molecule has 12 heteroatoms. The van der Waals surface area contributed by atoms with Crippen LogP contribution < -0.4 is 16.0 Å². The van der Waals surface area contributed by atoms with Gasteiger partial charge in [-0.1, -0.05) is 30.3 Å². The second kappa shape index (κ2) is 15.0. The van der Waals surface area contributed by atoms with Crippen LogP contribution in [0.1, 0.15) is 37.4 Å². The van der Waals surface area contributed by atoms with Crippen molar-refractivity contribution < 1.29 is 28.8 Å². The van der Waals surface area contributed by atoms with Gasteiger partial charge in [-0.15, -0.1) is 0 Å². The first kappa shape index (κ1) is 33.3. The molecule has 5 rings (SSSR count). The van der Waals surface area contributed by atoms with Crippen LogP contribution in [0.2, 0.25) is 0 Å². The van der Waals surface area contributed by atoms with E-state index in [-0.39, 0.29) is 17.7 Å². The quantitative estimate of drug-likeness (QED) is 0.164. The molecule has 2 aliphatic heterocycles. The minimum absolute atomic E-state index is 0.0122. The highest BCUT2D eigenvalue weighted by Crippen LogP contribution is 2.39. The maximum atomic E-state index is 13.4. The molecule has 2 heterocycles. The van der Waals surface area contributed by atoms with Crippen molar-refractivity contribution in [1.29, 1.82) is 0 Å². The van der Waals surface area contributed by atoms with Gasteiger partial charge in [0.1, 0.15) is 0 Å². The smallest absolute Gasteiger partial charge is 0.338 e. The molecule has 3 aromatic carbocycles. The van der Waals surface area contributed by atoms with Gasteiger partial charge >= 0.3 is 5.97 Å². The molecule has 2 aliphatic rings. The zero-order valence-electron chi connectivity index (χ0n) is 27.1. The number of aryl methyl sites for hydroxylation is 1. The Morgan fingerprint density at radius 1 is 0.936 bits per heavy atom. The molecule has 1 fully saturated rings. The number of fused-ring (bicyclic) bond motifs is 1. The third-order valence-electron chi connectivity index (χ3n) is 8.32. The van der Waals surface area contributed by atoms with Crippen molar-refractivity contribution >= 4 is 46.3 Å². The molecule has 47 heavy (non-hydrogen) atoms. The van der Waals surface area contributed by atoms with Crippen molar-refractivity contribution in [2.24, 2.45) is 0 Å². The lowest BCUT2D eigenvalue weighted by Crippen LogP contribution is -2.50. The monoisotopic (exact) mass is 640 g/mol. The number of likely N-dealkylation sites (N-methyl/N-ethyl adjacent to an activating group) is 1. The van der Waals surface area contributed by atoms with Crippen molar-refractivity contribution in [2.45, 2.75) is 6.92 Å². The average Bonchev–Trinajstić information content (AvgIpc) is 3.41. The summed E-state index contributed by atoms with van der Waals surface area (Å²) in [4.78, 5) is 60.4. The van der Waals surface area contributed by atoms with Gasteiger partial charge in [-0.2, -0.15) is 0 Å².